The second-order valence-electron chi connectivity index (χ2n) is 23.5. The van der Waals surface area contributed by atoms with E-state index in [0.29, 0.717) is 19.4 Å². The molecule has 0 aromatic rings. The maximum Gasteiger partial charge on any atom is 0.305 e. The lowest BCUT2D eigenvalue weighted by molar-refractivity contribution is -0.143. The largest absolute Gasteiger partial charge is 0.466 e. The molecule has 3 N–H and O–H groups in total. The number of carbonyl (C=O) groups is 2. The van der Waals surface area contributed by atoms with Gasteiger partial charge >= 0.3 is 5.97 Å². The van der Waals surface area contributed by atoms with Crippen molar-refractivity contribution >= 4 is 11.9 Å². The van der Waals surface area contributed by atoms with Gasteiger partial charge in [0.1, 0.15) is 0 Å². The van der Waals surface area contributed by atoms with E-state index >= 15 is 0 Å². The summed E-state index contributed by atoms with van der Waals surface area (Å²) in [6.07, 6.45) is 83.6. The van der Waals surface area contributed by atoms with Crippen molar-refractivity contribution in [1.82, 2.24) is 5.32 Å². The van der Waals surface area contributed by atoms with Crippen LogP contribution in [0.15, 0.2) is 36.5 Å². The molecule has 2 atom stereocenters. The molecule has 0 saturated heterocycles. The van der Waals surface area contributed by atoms with Crippen LogP contribution in [0.5, 0.6) is 0 Å². The number of nitrogens with one attached hydrogen (secondary N) is 1. The first kappa shape index (κ1) is 74.1. The Hall–Kier alpha value is -1.92. The molecule has 0 aliphatic rings. The number of amides is 1. The minimum Gasteiger partial charge on any atom is -0.466 e. The molecular formula is C70H133NO5. The van der Waals surface area contributed by atoms with Crippen molar-refractivity contribution < 1.29 is 24.5 Å². The van der Waals surface area contributed by atoms with Crippen molar-refractivity contribution in [2.45, 2.75) is 386 Å². The fourth-order valence-electron chi connectivity index (χ4n) is 10.6. The highest BCUT2D eigenvalue weighted by atomic mass is 16.5. The molecular weight excluding hydrogens is 935 g/mol. The van der Waals surface area contributed by atoms with Gasteiger partial charge in [-0.3, -0.25) is 9.59 Å². The van der Waals surface area contributed by atoms with E-state index in [2.05, 4.69) is 43.5 Å². The fraction of sp³-hybridized carbons (Fsp3) is 0.886. The summed E-state index contributed by atoms with van der Waals surface area (Å²) in [4.78, 5) is 24.6. The van der Waals surface area contributed by atoms with Crippen LogP contribution in [0.3, 0.4) is 0 Å². The first-order chi connectivity index (χ1) is 37.5. The molecule has 0 spiro atoms. The van der Waals surface area contributed by atoms with Crippen molar-refractivity contribution in [3.05, 3.63) is 36.5 Å². The van der Waals surface area contributed by atoms with Crippen molar-refractivity contribution in [3.63, 3.8) is 0 Å². The molecule has 6 heteroatoms. The van der Waals surface area contributed by atoms with Crippen molar-refractivity contribution in [3.8, 4) is 0 Å². The number of rotatable bonds is 64. The SMILES string of the molecule is CCCCCCCCC/C=C\CCCCCCCCCC(=O)OCCCCCCCCCCCCCC/C=C\CCCCCCCCCCCCCCC(=O)NC(CO)C(O)/C=C/CCCCCCCCCCCCC. The second kappa shape index (κ2) is 65.6. The normalized spacial score (nSPS) is 12.7. The zero-order valence-electron chi connectivity index (χ0n) is 51.3. The molecule has 0 aromatic carbocycles. The summed E-state index contributed by atoms with van der Waals surface area (Å²) in [6, 6.07) is -0.627. The van der Waals surface area contributed by atoms with Gasteiger partial charge in [-0.15, -0.1) is 0 Å². The van der Waals surface area contributed by atoms with Crippen LogP contribution in [-0.4, -0.2) is 47.4 Å². The highest BCUT2D eigenvalue weighted by Crippen LogP contribution is 2.18. The van der Waals surface area contributed by atoms with Gasteiger partial charge < -0.3 is 20.3 Å². The lowest BCUT2D eigenvalue weighted by Gasteiger charge is -2.20. The Kier molecular flexibility index (Phi) is 63.9. The van der Waals surface area contributed by atoms with Gasteiger partial charge in [0.25, 0.3) is 0 Å². The van der Waals surface area contributed by atoms with Gasteiger partial charge in [0.15, 0.2) is 0 Å². The molecule has 448 valence electrons. The molecule has 0 aromatic heterocycles. The maximum absolute atomic E-state index is 12.5. The van der Waals surface area contributed by atoms with E-state index in [1.807, 2.05) is 6.08 Å². The lowest BCUT2D eigenvalue weighted by Crippen LogP contribution is -2.45. The third-order valence-electron chi connectivity index (χ3n) is 15.9. The molecule has 0 fully saturated rings. The average Bonchev–Trinajstić information content (AvgIpc) is 3.42. The average molecular weight is 1070 g/mol. The van der Waals surface area contributed by atoms with Crippen LogP contribution in [0.4, 0.5) is 0 Å². The minimum atomic E-state index is -0.844. The predicted octanol–water partition coefficient (Wildman–Crippen LogP) is 21.9. The van der Waals surface area contributed by atoms with Gasteiger partial charge in [0.05, 0.1) is 25.4 Å². The molecule has 0 rings (SSSR count). The third kappa shape index (κ3) is 61.3. The quantitative estimate of drug-likeness (QED) is 0.0320. The molecule has 0 radical (unpaired) electrons. The van der Waals surface area contributed by atoms with Gasteiger partial charge in [-0.25, -0.2) is 0 Å². The number of ether oxygens (including phenoxy) is 1. The monoisotopic (exact) mass is 1070 g/mol. The van der Waals surface area contributed by atoms with Gasteiger partial charge in [0, 0.05) is 12.8 Å². The maximum atomic E-state index is 12.5. The zero-order valence-corrected chi connectivity index (χ0v) is 51.3. The molecule has 2 unspecified atom stereocenters. The van der Waals surface area contributed by atoms with Crippen molar-refractivity contribution in [2.75, 3.05) is 13.2 Å². The number of esters is 1. The zero-order chi connectivity index (χ0) is 55.0. The molecule has 76 heavy (non-hydrogen) atoms. The first-order valence-corrected chi connectivity index (χ1v) is 34.3. The highest BCUT2D eigenvalue weighted by Gasteiger charge is 2.18. The number of hydrogen-bond donors (Lipinski definition) is 3. The number of hydrogen-bond acceptors (Lipinski definition) is 5. The van der Waals surface area contributed by atoms with Crippen LogP contribution in [-0.2, 0) is 14.3 Å². The summed E-state index contributed by atoms with van der Waals surface area (Å²) in [6.45, 7) is 4.92. The molecule has 6 nitrogen and oxygen atoms in total. The van der Waals surface area contributed by atoms with E-state index in [0.717, 1.165) is 44.9 Å². The molecule has 0 saturated carbocycles. The molecule has 0 aliphatic heterocycles. The Balaban J connectivity index is 3.37. The standard InChI is InChI=1S/C70H133NO5/c1-3-5-7-9-11-13-15-17-18-19-33-36-40-44-48-52-56-60-64-70(75)76-65-61-57-53-49-45-41-37-34-31-29-27-25-23-21-20-22-24-26-28-30-32-35-39-43-47-51-55-59-63-69(74)71-67(66-72)68(73)62-58-54-50-46-42-38-16-14-12-10-8-6-4-2/h18-21,58,62,67-68,72-73H,3-17,22-57,59-61,63-66H2,1-2H3,(H,71,74)/b19-18-,21-20-,62-58+. The molecule has 0 bridgehead atoms. The van der Waals surface area contributed by atoms with E-state index in [9.17, 15) is 19.8 Å². The van der Waals surface area contributed by atoms with Crippen LogP contribution in [0.1, 0.15) is 373 Å². The predicted molar refractivity (Wildman–Crippen MR) is 333 cm³/mol. The van der Waals surface area contributed by atoms with Gasteiger partial charge in [-0.05, 0) is 83.5 Å². The summed E-state index contributed by atoms with van der Waals surface area (Å²) < 4.78 is 5.50. The number of aliphatic hydroxyl groups excluding tert-OH is 2. The minimum absolute atomic E-state index is 0.0128. The second-order valence-corrected chi connectivity index (χ2v) is 23.5. The third-order valence-corrected chi connectivity index (χ3v) is 15.9. The van der Waals surface area contributed by atoms with E-state index in [4.69, 9.17) is 4.74 Å². The van der Waals surface area contributed by atoms with Crippen LogP contribution < -0.4 is 5.32 Å². The van der Waals surface area contributed by atoms with E-state index < -0.39 is 12.1 Å². The Labute approximate surface area is 474 Å². The van der Waals surface area contributed by atoms with Crippen LogP contribution in [0.25, 0.3) is 0 Å². The van der Waals surface area contributed by atoms with Crippen molar-refractivity contribution in [1.29, 1.82) is 0 Å². The summed E-state index contributed by atoms with van der Waals surface area (Å²) >= 11 is 0. The molecule has 0 heterocycles. The number of allylic oxidation sites excluding steroid dienone is 5. The topological polar surface area (TPSA) is 95.9 Å². The van der Waals surface area contributed by atoms with Gasteiger partial charge in [-0.1, -0.05) is 314 Å². The van der Waals surface area contributed by atoms with Crippen LogP contribution >= 0.6 is 0 Å². The van der Waals surface area contributed by atoms with Gasteiger partial charge in [-0.2, -0.15) is 0 Å². The first-order valence-electron chi connectivity index (χ1n) is 34.3. The summed E-state index contributed by atoms with van der Waals surface area (Å²) in [5, 5.41) is 23.1. The summed E-state index contributed by atoms with van der Waals surface area (Å²) in [7, 11) is 0. The molecule has 0 aliphatic carbocycles. The van der Waals surface area contributed by atoms with E-state index in [-0.39, 0.29) is 18.5 Å². The number of carbonyl (C=O) groups excluding carboxylic acids is 2. The smallest absolute Gasteiger partial charge is 0.305 e. The Morgan fingerprint density at radius 1 is 0.355 bits per heavy atom. The van der Waals surface area contributed by atoms with Crippen molar-refractivity contribution in [2.24, 2.45) is 0 Å². The summed E-state index contributed by atoms with van der Waals surface area (Å²) in [5.41, 5.74) is 0. The highest BCUT2D eigenvalue weighted by molar-refractivity contribution is 5.76. The van der Waals surface area contributed by atoms with Crippen LogP contribution in [0, 0.1) is 0 Å². The Morgan fingerprint density at radius 2 is 0.618 bits per heavy atom. The van der Waals surface area contributed by atoms with Crippen LogP contribution in [0.2, 0.25) is 0 Å². The van der Waals surface area contributed by atoms with E-state index in [1.54, 1.807) is 6.08 Å². The fourth-order valence-corrected chi connectivity index (χ4v) is 10.6. The van der Waals surface area contributed by atoms with Gasteiger partial charge in [0.2, 0.25) is 5.91 Å². The number of aliphatic hydroxyl groups is 2. The lowest BCUT2D eigenvalue weighted by atomic mass is 10.0. The summed E-state index contributed by atoms with van der Waals surface area (Å²) in [5.74, 6) is -0.0542. The van der Waals surface area contributed by atoms with E-state index in [1.165, 1.54) is 302 Å². The Bertz CT molecular complexity index is 1230. The number of unbranched alkanes of at least 4 members (excludes halogenated alkanes) is 49. The molecule has 1 amide bonds. The Morgan fingerprint density at radius 3 is 0.934 bits per heavy atom.